The molecule has 3 saturated heterocycles. The van der Waals surface area contributed by atoms with Gasteiger partial charge in [0.15, 0.2) is 10.8 Å². The van der Waals surface area contributed by atoms with E-state index in [0.717, 1.165) is 34.1 Å². The maximum absolute atomic E-state index is 4.64. The van der Waals surface area contributed by atoms with Gasteiger partial charge in [-0.25, -0.2) is 9.97 Å². The van der Waals surface area contributed by atoms with Crippen molar-refractivity contribution < 1.29 is 0 Å². The first-order chi connectivity index (χ1) is 11.9. The minimum absolute atomic E-state index is 0.599. The van der Waals surface area contributed by atoms with Crippen LogP contribution in [0.4, 0.5) is 5.13 Å². The lowest BCUT2D eigenvalue weighted by atomic mass is 10.1. The normalized spacial score (nSPS) is 23.6. The van der Waals surface area contributed by atoms with E-state index in [1.807, 2.05) is 30.5 Å². The van der Waals surface area contributed by atoms with Crippen LogP contribution in [0.3, 0.4) is 0 Å². The number of rotatable bonds is 2. The maximum Gasteiger partial charge on any atom is 0.209 e. The van der Waals surface area contributed by atoms with Crippen LogP contribution in [0.2, 0.25) is 0 Å². The number of hydrogen-bond donors (Lipinski definition) is 0. The summed E-state index contributed by atoms with van der Waals surface area (Å²) in [6.07, 6.45) is 4.31. The fraction of sp³-hybridized carbons (Fsp3) is 0.412. The Morgan fingerprint density at radius 1 is 1.00 bits per heavy atom. The quantitative estimate of drug-likeness (QED) is 0.715. The van der Waals surface area contributed by atoms with Gasteiger partial charge >= 0.3 is 0 Å². The van der Waals surface area contributed by atoms with Crippen molar-refractivity contribution >= 4 is 27.4 Å². The Labute approximate surface area is 144 Å². The van der Waals surface area contributed by atoms with E-state index in [0.29, 0.717) is 11.9 Å². The molecule has 3 aliphatic rings. The highest BCUT2D eigenvalue weighted by Crippen LogP contribution is 2.32. The van der Waals surface area contributed by atoms with E-state index in [9.17, 15) is 0 Å². The van der Waals surface area contributed by atoms with Crippen LogP contribution in [-0.4, -0.2) is 57.3 Å². The molecule has 24 heavy (non-hydrogen) atoms. The van der Waals surface area contributed by atoms with Crippen molar-refractivity contribution in [3.8, 4) is 10.8 Å². The average molecular weight is 338 g/mol. The third kappa shape index (κ3) is 2.44. The summed E-state index contributed by atoms with van der Waals surface area (Å²) >= 11 is 1.61. The van der Waals surface area contributed by atoms with Gasteiger partial charge in [-0.3, -0.25) is 0 Å². The molecular formula is C17H18N6S. The number of benzene rings is 1. The number of hydrogen-bond acceptors (Lipinski definition) is 7. The number of aromatic nitrogens is 4. The third-order valence-electron chi connectivity index (χ3n) is 5.00. The molecule has 1 aromatic carbocycles. The van der Waals surface area contributed by atoms with Crippen LogP contribution < -0.4 is 4.90 Å². The van der Waals surface area contributed by atoms with Crippen molar-refractivity contribution in [2.24, 2.45) is 0 Å². The van der Waals surface area contributed by atoms with Crippen LogP contribution >= 0.6 is 11.3 Å². The number of fused-ring (bicyclic) bond motifs is 5. The van der Waals surface area contributed by atoms with Crippen LogP contribution in [0.25, 0.3) is 21.7 Å². The molecule has 6 nitrogen and oxygen atoms in total. The van der Waals surface area contributed by atoms with Crippen molar-refractivity contribution in [2.45, 2.75) is 18.9 Å². The van der Waals surface area contributed by atoms with E-state index in [2.05, 4.69) is 30.0 Å². The van der Waals surface area contributed by atoms with E-state index in [-0.39, 0.29) is 0 Å². The molecule has 2 bridgehead atoms. The zero-order valence-electron chi connectivity index (χ0n) is 13.3. The van der Waals surface area contributed by atoms with Gasteiger partial charge in [0.1, 0.15) is 0 Å². The fourth-order valence-corrected chi connectivity index (χ4v) is 4.52. The Balaban J connectivity index is 1.47. The summed E-state index contributed by atoms with van der Waals surface area (Å²) < 4.78 is 0. The molecule has 122 valence electrons. The Morgan fingerprint density at radius 2 is 1.88 bits per heavy atom. The number of nitrogens with zero attached hydrogens (tertiary/aromatic N) is 6. The molecule has 0 radical (unpaired) electrons. The van der Waals surface area contributed by atoms with Crippen molar-refractivity contribution in [1.29, 1.82) is 0 Å². The van der Waals surface area contributed by atoms with Gasteiger partial charge in [0.25, 0.3) is 0 Å². The monoisotopic (exact) mass is 338 g/mol. The van der Waals surface area contributed by atoms with Gasteiger partial charge in [-0.05, 0) is 18.9 Å². The molecule has 2 aromatic heterocycles. The Hall–Kier alpha value is -2.12. The fourth-order valence-electron chi connectivity index (χ4n) is 3.64. The lowest BCUT2D eigenvalue weighted by Crippen LogP contribution is -2.37. The second-order valence-electron chi connectivity index (χ2n) is 6.41. The molecule has 5 heterocycles. The highest BCUT2D eigenvalue weighted by molar-refractivity contribution is 7.18. The minimum Gasteiger partial charge on any atom is -0.342 e. The largest absolute Gasteiger partial charge is 0.342 e. The van der Waals surface area contributed by atoms with Crippen molar-refractivity contribution in [2.75, 3.05) is 31.1 Å². The Morgan fingerprint density at radius 3 is 2.79 bits per heavy atom. The summed E-state index contributed by atoms with van der Waals surface area (Å²) in [4.78, 5) is 14.1. The smallest absolute Gasteiger partial charge is 0.209 e. The average Bonchev–Trinajstić information content (AvgIpc) is 2.94. The minimum atomic E-state index is 0.599. The summed E-state index contributed by atoms with van der Waals surface area (Å²) in [5.41, 5.74) is 0.945. The van der Waals surface area contributed by atoms with Crippen molar-refractivity contribution in [3.05, 3.63) is 30.5 Å². The topological polar surface area (TPSA) is 58.0 Å². The highest BCUT2D eigenvalue weighted by Gasteiger charge is 2.31. The number of anilines is 1. The predicted octanol–water partition coefficient (Wildman–Crippen LogP) is 2.43. The molecular weight excluding hydrogens is 320 g/mol. The summed E-state index contributed by atoms with van der Waals surface area (Å²) in [7, 11) is 0. The molecule has 7 heteroatoms. The first kappa shape index (κ1) is 14.2. The summed E-state index contributed by atoms with van der Waals surface area (Å²) in [6, 6.07) is 8.62. The SMILES string of the molecule is c1ccc2nc(-c3nnc(N4CCN5CCC4CC5)s3)ncc2c1. The molecule has 6 rings (SSSR count). The van der Waals surface area contributed by atoms with Crippen molar-refractivity contribution in [3.63, 3.8) is 0 Å². The second-order valence-corrected chi connectivity index (χ2v) is 7.36. The van der Waals surface area contributed by atoms with E-state index >= 15 is 0 Å². The molecule has 0 saturated carbocycles. The number of para-hydroxylation sites is 1. The summed E-state index contributed by atoms with van der Waals surface area (Å²) in [5.74, 6) is 0.667. The number of piperidine rings is 1. The van der Waals surface area contributed by atoms with Crippen molar-refractivity contribution in [1.82, 2.24) is 25.1 Å². The predicted molar refractivity (Wildman–Crippen MR) is 95.2 cm³/mol. The maximum atomic E-state index is 4.64. The van der Waals surface area contributed by atoms with Crippen LogP contribution in [0.5, 0.6) is 0 Å². The lowest BCUT2D eigenvalue weighted by molar-refractivity contribution is 0.250. The van der Waals surface area contributed by atoms with E-state index in [1.54, 1.807) is 11.3 Å². The molecule has 3 fully saturated rings. The van der Waals surface area contributed by atoms with Crippen LogP contribution in [-0.2, 0) is 0 Å². The molecule has 3 aromatic rings. The zero-order valence-corrected chi connectivity index (χ0v) is 14.1. The Bertz CT molecular complexity index is 870. The van der Waals surface area contributed by atoms with Gasteiger partial charge in [0.2, 0.25) is 5.13 Å². The molecule has 0 amide bonds. The van der Waals surface area contributed by atoms with Gasteiger partial charge in [-0.2, -0.15) is 0 Å². The first-order valence-electron chi connectivity index (χ1n) is 8.41. The van der Waals surface area contributed by atoms with Crippen LogP contribution in [0.15, 0.2) is 30.5 Å². The first-order valence-corrected chi connectivity index (χ1v) is 9.23. The van der Waals surface area contributed by atoms with Crippen LogP contribution in [0, 0.1) is 0 Å². The molecule has 0 atom stereocenters. The zero-order chi connectivity index (χ0) is 15.9. The van der Waals surface area contributed by atoms with Gasteiger partial charge in [0.05, 0.1) is 5.52 Å². The van der Waals surface area contributed by atoms with E-state index in [4.69, 9.17) is 0 Å². The van der Waals surface area contributed by atoms with E-state index in [1.165, 1.54) is 25.9 Å². The summed E-state index contributed by atoms with van der Waals surface area (Å²) in [5, 5.41) is 11.7. The van der Waals surface area contributed by atoms with Crippen LogP contribution in [0.1, 0.15) is 12.8 Å². The standard InChI is InChI=1S/C17H18N6S/c1-2-4-14-12(3-1)11-18-15(19-14)16-20-21-17(24-16)23-10-9-22-7-5-13(23)6-8-22/h1-4,11,13H,5-10H2. The van der Waals surface area contributed by atoms with Gasteiger partial charge < -0.3 is 9.80 Å². The van der Waals surface area contributed by atoms with Gasteiger partial charge in [0, 0.05) is 43.8 Å². The highest BCUT2D eigenvalue weighted by atomic mass is 32.1. The van der Waals surface area contributed by atoms with Gasteiger partial charge in [-0.15, -0.1) is 10.2 Å². The molecule has 0 aliphatic carbocycles. The van der Waals surface area contributed by atoms with Gasteiger partial charge in [-0.1, -0.05) is 29.5 Å². The Kier molecular flexibility index (Phi) is 3.41. The second kappa shape index (κ2) is 5.75. The van der Waals surface area contributed by atoms with E-state index < -0.39 is 0 Å². The third-order valence-corrected chi connectivity index (χ3v) is 5.95. The molecule has 0 spiro atoms. The molecule has 3 aliphatic heterocycles. The molecule has 0 unspecified atom stereocenters. The summed E-state index contributed by atoms with van der Waals surface area (Å²) in [6.45, 7) is 4.58. The molecule has 0 N–H and O–H groups in total. The lowest BCUT2D eigenvalue weighted by Gasteiger charge is -2.30.